The second-order valence-corrected chi connectivity index (χ2v) is 4.69. The second kappa shape index (κ2) is 5.30. The van der Waals surface area contributed by atoms with Crippen molar-refractivity contribution in [2.45, 2.75) is 39.2 Å². The van der Waals surface area contributed by atoms with E-state index in [0.29, 0.717) is 12.4 Å². The third-order valence-corrected chi connectivity index (χ3v) is 2.35. The van der Waals surface area contributed by atoms with Crippen LogP contribution in [0.2, 0.25) is 0 Å². The van der Waals surface area contributed by atoms with Gasteiger partial charge in [-0.05, 0) is 51.3 Å². The lowest BCUT2D eigenvalue weighted by Crippen LogP contribution is -2.32. The number of hydrogen-bond acceptors (Lipinski definition) is 2. The molecule has 0 atom stereocenters. The van der Waals surface area contributed by atoms with E-state index in [0.717, 1.165) is 18.4 Å². The summed E-state index contributed by atoms with van der Waals surface area (Å²) in [5, 5.41) is 0. The molecule has 1 aromatic carbocycles. The summed E-state index contributed by atoms with van der Waals surface area (Å²) in [6.07, 6.45) is 1.62. The highest BCUT2D eigenvalue weighted by molar-refractivity contribution is 5.29. The van der Waals surface area contributed by atoms with Crippen molar-refractivity contribution < 1.29 is 9.13 Å². The molecule has 0 aliphatic rings. The van der Waals surface area contributed by atoms with E-state index in [1.54, 1.807) is 6.07 Å². The highest BCUT2D eigenvalue weighted by Crippen LogP contribution is 2.20. The van der Waals surface area contributed by atoms with Crippen molar-refractivity contribution in [3.05, 3.63) is 29.6 Å². The molecule has 2 nitrogen and oxygen atoms in total. The minimum Gasteiger partial charge on any atom is -0.491 e. The van der Waals surface area contributed by atoms with Crippen molar-refractivity contribution in [1.82, 2.24) is 0 Å². The normalized spacial score (nSPS) is 11.6. The number of aryl methyl sites for hydroxylation is 1. The molecule has 0 fully saturated rings. The van der Waals surface area contributed by atoms with Gasteiger partial charge in [-0.3, -0.25) is 0 Å². The van der Waals surface area contributed by atoms with Crippen LogP contribution in [-0.2, 0) is 6.42 Å². The van der Waals surface area contributed by atoms with Gasteiger partial charge in [-0.15, -0.1) is 0 Å². The lowest BCUT2D eigenvalue weighted by molar-refractivity contribution is 0.321. The van der Waals surface area contributed by atoms with Crippen LogP contribution in [-0.4, -0.2) is 12.1 Å². The molecule has 0 aliphatic heterocycles. The van der Waals surface area contributed by atoms with Gasteiger partial charge in [-0.1, -0.05) is 6.07 Å². The fourth-order valence-corrected chi connectivity index (χ4v) is 1.44. The third kappa shape index (κ3) is 4.19. The predicted octanol–water partition coefficient (Wildman–Crippen LogP) is 2.89. The van der Waals surface area contributed by atoms with Crippen molar-refractivity contribution in [3.63, 3.8) is 0 Å². The number of nitrogens with two attached hydrogens (primary N) is 1. The molecule has 0 heterocycles. The molecule has 1 aromatic rings. The molecule has 0 saturated heterocycles. The average molecular weight is 225 g/mol. The van der Waals surface area contributed by atoms with Gasteiger partial charge in [0.1, 0.15) is 0 Å². The molecular weight excluding hydrogens is 205 g/mol. The summed E-state index contributed by atoms with van der Waals surface area (Å²) >= 11 is 0. The summed E-state index contributed by atoms with van der Waals surface area (Å²) < 4.78 is 18.6. The maximum absolute atomic E-state index is 13.5. The fraction of sp³-hybridized carbons (Fsp3) is 0.538. The molecule has 0 aromatic heterocycles. The second-order valence-electron chi connectivity index (χ2n) is 4.69. The standard InChI is InChI=1S/C13H20FNO/c1-4-16-12-6-5-10(9-11(12)14)7-8-13(2,3)15/h5-6,9H,4,7-8,15H2,1-3H3. The van der Waals surface area contributed by atoms with E-state index in [1.165, 1.54) is 6.07 Å². The first-order valence-corrected chi connectivity index (χ1v) is 5.62. The van der Waals surface area contributed by atoms with E-state index in [2.05, 4.69) is 0 Å². The van der Waals surface area contributed by atoms with Gasteiger partial charge in [-0.25, -0.2) is 4.39 Å². The van der Waals surface area contributed by atoms with E-state index < -0.39 is 0 Å². The van der Waals surface area contributed by atoms with E-state index in [4.69, 9.17) is 10.5 Å². The Bertz CT molecular complexity index is 344. The Morgan fingerprint density at radius 1 is 1.38 bits per heavy atom. The van der Waals surface area contributed by atoms with Gasteiger partial charge >= 0.3 is 0 Å². The number of halogens is 1. The summed E-state index contributed by atoms with van der Waals surface area (Å²) in [6, 6.07) is 5.09. The van der Waals surface area contributed by atoms with Crippen LogP contribution in [0.4, 0.5) is 4.39 Å². The zero-order valence-electron chi connectivity index (χ0n) is 10.2. The molecule has 0 amide bonds. The molecule has 0 unspecified atom stereocenters. The Morgan fingerprint density at radius 3 is 2.56 bits per heavy atom. The monoisotopic (exact) mass is 225 g/mol. The van der Waals surface area contributed by atoms with Crippen LogP contribution in [0, 0.1) is 5.82 Å². The molecular formula is C13H20FNO. The molecule has 0 spiro atoms. The van der Waals surface area contributed by atoms with Crippen molar-refractivity contribution >= 4 is 0 Å². The lowest BCUT2D eigenvalue weighted by atomic mass is 9.96. The number of benzene rings is 1. The Balaban J connectivity index is 2.66. The van der Waals surface area contributed by atoms with Gasteiger partial charge in [0.15, 0.2) is 11.6 Å². The average Bonchev–Trinajstić information content (AvgIpc) is 2.18. The Kier molecular flexibility index (Phi) is 4.30. The first kappa shape index (κ1) is 13.0. The quantitative estimate of drug-likeness (QED) is 0.836. The van der Waals surface area contributed by atoms with Crippen molar-refractivity contribution in [3.8, 4) is 5.75 Å². The van der Waals surface area contributed by atoms with Crippen LogP contribution in [0.5, 0.6) is 5.75 Å². The molecule has 1 rings (SSSR count). The smallest absolute Gasteiger partial charge is 0.165 e. The Hall–Kier alpha value is -1.09. The van der Waals surface area contributed by atoms with Gasteiger partial charge in [0, 0.05) is 5.54 Å². The third-order valence-electron chi connectivity index (χ3n) is 2.35. The van der Waals surface area contributed by atoms with Gasteiger partial charge in [0.2, 0.25) is 0 Å². The molecule has 0 aliphatic carbocycles. The molecule has 2 N–H and O–H groups in total. The Morgan fingerprint density at radius 2 is 2.06 bits per heavy atom. The molecule has 0 radical (unpaired) electrons. The first-order valence-electron chi connectivity index (χ1n) is 5.62. The number of rotatable bonds is 5. The summed E-state index contributed by atoms with van der Waals surface area (Å²) in [4.78, 5) is 0. The topological polar surface area (TPSA) is 35.2 Å². The van der Waals surface area contributed by atoms with Crippen LogP contribution >= 0.6 is 0 Å². The minimum atomic E-state index is -0.297. The zero-order valence-corrected chi connectivity index (χ0v) is 10.2. The van der Waals surface area contributed by atoms with Crippen molar-refractivity contribution in [2.75, 3.05) is 6.61 Å². The van der Waals surface area contributed by atoms with Crippen LogP contribution in [0.15, 0.2) is 18.2 Å². The van der Waals surface area contributed by atoms with Crippen molar-refractivity contribution in [1.29, 1.82) is 0 Å². The van der Waals surface area contributed by atoms with E-state index >= 15 is 0 Å². The largest absolute Gasteiger partial charge is 0.491 e. The summed E-state index contributed by atoms with van der Waals surface area (Å²) in [6.45, 7) is 6.26. The zero-order chi connectivity index (χ0) is 12.2. The van der Waals surface area contributed by atoms with Crippen LogP contribution < -0.4 is 10.5 Å². The van der Waals surface area contributed by atoms with Gasteiger partial charge < -0.3 is 10.5 Å². The molecule has 90 valence electrons. The molecule has 3 heteroatoms. The number of ether oxygens (including phenoxy) is 1. The predicted molar refractivity (Wildman–Crippen MR) is 64.2 cm³/mol. The maximum atomic E-state index is 13.5. The number of hydrogen-bond donors (Lipinski definition) is 1. The van der Waals surface area contributed by atoms with E-state index in [1.807, 2.05) is 26.8 Å². The van der Waals surface area contributed by atoms with E-state index in [9.17, 15) is 4.39 Å². The molecule has 0 bridgehead atoms. The Labute approximate surface area is 96.6 Å². The van der Waals surface area contributed by atoms with Crippen LogP contribution in [0.1, 0.15) is 32.8 Å². The van der Waals surface area contributed by atoms with Crippen LogP contribution in [0.3, 0.4) is 0 Å². The van der Waals surface area contributed by atoms with Gasteiger partial charge in [-0.2, -0.15) is 0 Å². The fourth-order valence-electron chi connectivity index (χ4n) is 1.44. The minimum absolute atomic E-state index is 0.213. The maximum Gasteiger partial charge on any atom is 0.165 e. The van der Waals surface area contributed by atoms with Crippen LogP contribution in [0.25, 0.3) is 0 Å². The summed E-state index contributed by atoms with van der Waals surface area (Å²) in [7, 11) is 0. The summed E-state index contributed by atoms with van der Waals surface area (Å²) in [5.74, 6) is 0.0208. The SMILES string of the molecule is CCOc1ccc(CCC(C)(C)N)cc1F. The first-order chi connectivity index (χ1) is 7.42. The highest BCUT2D eigenvalue weighted by atomic mass is 19.1. The lowest BCUT2D eigenvalue weighted by Gasteiger charge is -2.18. The molecule has 16 heavy (non-hydrogen) atoms. The van der Waals surface area contributed by atoms with Gasteiger partial charge in [0.25, 0.3) is 0 Å². The van der Waals surface area contributed by atoms with Crippen molar-refractivity contribution in [2.24, 2.45) is 5.73 Å². The summed E-state index contributed by atoms with van der Waals surface area (Å²) in [5.41, 5.74) is 6.63. The van der Waals surface area contributed by atoms with Gasteiger partial charge in [0.05, 0.1) is 6.61 Å². The van der Waals surface area contributed by atoms with E-state index in [-0.39, 0.29) is 11.4 Å². The highest BCUT2D eigenvalue weighted by Gasteiger charge is 2.11. The molecule has 0 saturated carbocycles.